The zero-order chi connectivity index (χ0) is 23.2. The molecule has 0 aliphatic carbocycles. The maximum absolute atomic E-state index is 12.1. The lowest BCUT2D eigenvalue weighted by atomic mass is 10.1. The zero-order valence-electron chi connectivity index (χ0n) is 19.6. The Hall–Kier alpha value is -3.32. The number of para-hydroxylation sites is 1. The van der Waals surface area contributed by atoms with Gasteiger partial charge in [-0.05, 0) is 38.1 Å². The van der Waals surface area contributed by atoms with E-state index in [1.807, 2.05) is 25.1 Å². The first kappa shape index (κ1) is 22.9. The Morgan fingerprint density at radius 2 is 1.79 bits per heavy atom. The normalized spacial score (nSPS) is 13.9. The molecule has 1 aliphatic rings. The van der Waals surface area contributed by atoms with Crippen LogP contribution >= 0.6 is 0 Å². The smallest absolute Gasteiger partial charge is 0.409 e. The first-order chi connectivity index (χ1) is 16.1. The topological polar surface area (TPSA) is 66.9 Å². The molecule has 0 bridgehead atoms. The number of benzene rings is 2. The fourth-order valence-electron chi connectivity index (χ4n) is 4.23. The number of pyridine rings is 1. The van der Waals surface area contributed by atoms with E-state index in [-0.39, 0.29) is 6.09 Å². The van der Waals surface area contributed by atoms with E-state index >= 15 is 0 Å². The summed E-state index contributed by atoms with van der Waals surface area (Å²) in [5, 5.41) is 4.70. The van der Waals surface area contributed by atoms with Gasteiger partial charge in [-0.3, -0.25) is 0 Å². The highest BCUT2D eigenvalue weighted by Gasteiger charge is 2.24. The Bertz CT molecular complexity index is 1110. The number of aryl methyl sites for hydroxylation is 1. The summed E-state index contributed by atoms with van der Waals surface area (Å²) >= 11 is 0. The number of hydrogen-bond donors (Lipinski definition) is 1. The minimum atomic E-state index is -0.238. The van der Waals surface area contributed by atoms with Crippen molar-refractivity contribution in [2.75, 3.05) is 44.8 Å². The van der Waals surface area contributed by atoms with Crippen molar-refractivity contribution in [1.82, 2.24) is 15.2 Å². The molecule has 2 heterocycles. The van der Waals surface area contributed by atoms with Crippen molar-refractivity contribution in [3.05, 3.63) is 65.2 Å². The molecule has 33 heavy (non-hydrogen) atoms. The van der Waals surface area contributed by atoms with Crippen molar-refractivity contribution < 1.29 is 14.3 Å². The Kier molecular flexibility index (Phi) is 7.29. The van der Waals surface area contributed by atoms with E-state index < -0.39 is 0 Å². The quantitative estimate of drug-likeness (QED) is 0.587. The molecule has 0 spiro atoms. The van der Waals surface area contributed by atoms with Gasteiger partial charge in [-0.25, -0.2) is 9.78 Å². The van der Waals surface area contributed by atoms with E-state index in [2.05, 4.69) is 47.5 Å². The molecule has 0 atom stereocenters. The average molecular weight is 449 g/mol. The molecule has 174 valence electrons. The van der Waals surface area contributed by atoms with Crippen LogP contribution in [-0.4, -0.2) is 55.9 Å². The average Bonchev–Trinajstić information content (AvgIpc) is 2.84. The summed E-state index contributed by atoms with van der Waals surface area (Å²) in [7, 11) is 1.70. The van der Waals surface area contributed by atoms with Gasteiger partial charge in [0, 0.05) is 55.8 Å². The molecule has 3 aromatic rings. The molecule has 2 aromatic carbocycles. The Morgan fingerprint density at radius 1 is 1.03 bits per heavy atom. The number of rotatable bonds is 7. The van der Waals surface area contributed by atoms with Crippen LogP contribution in [0.2, 0.25) is 0 Å². The number of hydrogen-bond acceptors (Lipinski definition) is 6. The number of nitrogens with one attached hydrogen (secondary N) is 1. The molecule has 0 unspecified atom stereocenters. The van der Waals surface area contributed by atoms with Crippen LogP contribution in [0.1, 0.15) is 23.6 Å². The summed E-state index contributed by atoms with van der Waals surface area (Å²) in [5.41, 5.74) is 4.46. The van der Waals surface area contributed by atoms with Gasteiger partial charge in [0.2, 0.25) is 0 Å². The van der Waals surface area contributed by atoms with E-state index in [4.69, 9.17) is 14.5 Å². The maximum Gasteiger partial charge on any atom is 0.409 e. The van der Waals surface area contributed by atoms with Crippen LogP contribution < -0.4 is 15.0 Å². The van der Waals surface area contributed by atoms with Gasteiger partial charge in [0.25, 0.3) is 0 Å². The number of methoxy groups -OCH3 is 1. The van der Waals surface area contributed by atoms with E-state index in [9.17, 15) is 4.79 Å². The van der Waals surface area contributed by atoms with Crippen LogP contribution in [0.5, 0.6) is 5.75 Å². The minimum Gasteiger partial charge on any atom is -0.496 e. The second-order valence-electron chi connectivity index (χ2n) is 8.26. The van der Waals surface area contributed by atoms with Crippen molar-refractivity contribution in [3.63, 3.8) is 0 Å². The van der Waals surface area contributed by atoms with Gasteiger partial charge in [0.1, 0.15) is 11.6 Å². The minimum absolute atomic E-state index is 0.238. The van der Waals surface area contributed by atoms with Crippen LogP contribution in [0, 0.1) is 6.92 Å². The van der Waals surface area contributed by atoms with Crippen molar-refractivity contribution in [2.24, 2.45) is 0 Å². The molecule has 0 radical (unpaired) electrons. The molecule has 1 amide bonds. The molecule has 0 saturated carbocycles. The number of anilines is 1. The molecular weight excluding hydrogens is 416 g/mol. The van der Waals surface area contributed by atoms with E-state index in [0.717, 1.165) is 46.7 Å². The van der Waals surface area contributed by atoms with Gasteiger partial charge >= 0.3 is 6.09 Å². The SMILES string of the molecule is CCOC(=O)N1CCN(c2nc3ccc(C)cc3cc2CNCc2ccccc2OC)CC1. The van der Waals surface area contributed by atoms with Gasteiger partial charge in [0.05, 0.1) is 19.2 Å². The number of carbonyl (C=O) groups excluding carboxylic acids is 1. The van der Waals surface area contributed by atoms with Crippen LogP contribution in [0.3, 0.4) is 0 Å². The first-order valence-corrected chi connectivity index (χ1v) is 11.5. The van der Waals surface area contributed by atoms with Crippen molar-refractivity contribution >= 4 is 22.8 Å². The lowest BCUT2D eigenvalue weighted by Crippen LogP contribution is -2.49. The highest BCUT2D eigenvalue weighted by Crippen LogP contribution is 2.26. The molecule has 1 saturated heterocycles. The molecule has 1 N–H and O–H groups in total. The summed E-state index contributed by atoms with van der Waals surface area (Å²) in [6.07, 6.45) is -0.238. The molecule has 1 aliphatic heterocycles. The first-order valence-electron chi connectivity index (χ1n) is 11.5. The third kappa shape index (κ3) is 5.37. The third-order valence-electron chi connectivity index (χ3n) is 5.95. The summed E-state index contributed by atoms with van der Waals surface area (Å²) in [4.78, 5) is 21.2. The second-order valence-corrected chi connectivity index (χ2v) is 8.26. The number of ether oxygens (including phenoxy) is 2. The van der Waals surface area contributed by atoms with Crippen LogP contribution in [-0.2, 0) is 17.8 Å². The van der Waals surface area contributed by atoms with E-state index in [1.165, 1.54) is 5.56 Å². The predicted molar refractivity (Wildman–Crippen MR) is 131 cm³/mol. The fraction of sp³-hybridized carbons (Fsp3) is 0.385. The highest BCUT2D eigenvalue weighted by molar-refractivity contribution is 5.82. The number of amides is 1. The predicted octanol–water partition coefficient (Wildman–Crippen LogP) is 4.12. The van der Waals surface area contributed by atoms with Gasteiger partial charge in [0.15, 0.2) is 0 Å². The van der Waals surface area contributed by atoms with Crippen LogP contribution in [0.15, 0.2) is 48.5 Å². The third-order valence-corrected chi connectivity index (χ3v) is 5.95. The Balaban J connectivity index is 1.54. The second kappa shape index (κ2) is 10.5. The van der Waals surface area contributed by atoms with Crippen molar-refractivity contribution in [1.29, 1.82) is 0 Å². The van der Waals surface area contributed by atoms with Gasteiger partial charge in [-0.15, -0.1) is 0 Å². The van der Waals surface area contributed by atoms with Crippen molar-refractivity contribution in [3.8, 4) is 5.75 Å². The molecule has 1 fully saturated rings. The number of nitrogens with zero attached hydrogens (tertiary/aromatic N) is 3. The number of piperazine rings is 1. The van der Waals surface area contributed by atoms with Gasteiger partial charge < -0.3 is 24.6 Å². The lowest BCUT2D eigenvalue weighted by Gasteiger charge is -2.35. The summed E-state index contributed by atoms with van der Waals surface area (Å²) < 4.78 is 10.6. The van der Waals surface area contributed by atoms with Crippen LogP contribution in [0.4, 0.5) is 10.6 Å². The summed E-state index contributed by atoms with van der Waals surface area (Å²) in [6, 6.07) is 16.6. The molecule has 4 rings (SSSR count). The summed E-state index contributed by atoms with van der Waals surface area (Å²) in [6.45, 7) is 8.41. The van der Waals surface area contributed by atoms with Crippen molar-refractivity contribution in [2.45, 2.75) is 26.9 Å². The lowest BCUT2D eigenvalue weighted by molar-refractivity contribution is 0.105. The number of carbonyl (C=O) groups is 1. The molecular formula is C26H32N4O3. The molecule has 7 heteroatoms. The Labute approximate surface area is 195 Å². The van der Waals surface area contributed by atoms with Crippen LogP contribution in [0.25, 0.3) is 10.9 Å². The zero-order valence-corrected chi connectivity index (χ0v) is 19.6. The fourth-order valence-corrected chi connectivity index (χ4v) is 4.23. The Morgan fingerprint density at radius 3 is 2.55 bits per heavy atom. The maximum atomic E-state index is 12.1. The van der Waals surface area contributed by atoms with E-state index in [0.29, 0.717) is 32.8 Å². The standard InChI is InChI=1S/C26H32N4O3/c1-4-33-26(31)30-13-11-29(12-14-30)25-22(16-21-15-19(2)9-10-23(21)28-25)18-27-17-20-7-5-6-8-24(20)32-3/h5-10,15-16,27H,4,11-14,17-18H2,1-3H3. The number of fused-ring (bicyclic) bond motifs is 1. The highest BCUT2D eigenvalue weighted by atomic mass is 16.6. The van der Waals surface area contributed by atoms with Gasteiger partial charge in [-0.2, -0.15) is 0 Å². The molecule has 7 nitrogen and oxygen atoms in total. The largest absolute Gasteiger partial charge is 0.496 e. The van der Waals surface area contributed by atoms with Gasteiger partial charge in [-0.1, -0.05) is 29.8 Å². The number of aromatic nitrogens is 1. The monoisotopic (exact) mass is 448 g/mol. The molecule has 1 aromatic heterocycles. The summed E-state index contributed by atoms with van der Waals surface area (Å²) in [5.74, 6) is 1.86. The van der Waals surface area contributed by atoms with E-state index in [1.54, 1.807) is 12.0 Å².